The fourth-order valence-corrected chi connectivity index (χ4v) is 2.49. The Morgan fingerprint density at radius 1 is 1.21 bits per heavy atom. The van der Waals surface area contributed by atoms with E-state index in [0.717, 1.165) is 35.1 Å². The summed E-state index contributed by atoms with van der Waals surface area (Å²) in [5.41, 5.74) is 0.917. The van der Waals surface area contributed by atoms with Gasteiger partial charge in [0.05, 0.1) is 0 Å². The summed E-state index contributed by atoms with van der Waals surface area (Å²) in [7, 11) is 0. The van der Waals surface area contributed by atoms with Gasteiger partial charge in [-0.05, 0) is 36.7 Å². The molecule has 1 N–H and O–H groups in total. The molecule has 0 radical (unpaired) electrons. The summed E-state index contributed by atoms with van der Waals surface area (Å²) in [6.45, 7) is 6.30. The number of rotatable bonds is 6. The third kappa shape index (κ3) is 4.36. The second-order valence-electron chi connectivity index (χ2n) is 4.86. The molecule has 5 heteroatoms. The highest BCUT2D eigenvalue weighted by atomic mass is 32.1. The highest BCUT2D eigenvalue weighted by Gasteiger charge is 2.06. The van der Waals surface area contributed by atoms with Gasteiger partial charge in [0.15, 0.2) is 0 Å². The van der Waals surface area contributed by atoms with Gasteiger partial charge in [0.25, 0.3) is 0 Å². The minimum absolute atomic E-state index is 0.230. The number of nitrogens with zero attached hydrogens (tertiary/aromatic N) is 2. The van der Waals surface area contributed by atoms with Gasteiger partial charge in [-0.15, -0.1) is 10.2 Å². The van der Waals surface area contributed by atoms with E-state index in [4.69, 9.17) is 0 Å². The largest absolute Gasteiger partial charge is 0.316 e. The Hall–Kier alpha value is -1.33. The van der Waals surface area contributed by atoms with Crippen molar-refractivity contribution in [2.75, 3.05) is 13.1 Å². The molecular weight excluding hydrogens is 261 g/mol. The zero-order valence-corrected chi connectivity index (χ0v) is 12.0. The van der Waals surface area contributed by atoms with Crippen LogP contribution in [0.25, 0.3) is 10.6 Å². The van der Waals surface area contributed by atoms with E-state index in [9.17, 15) is 4.39 Å². The molecule has 2 rings (SSSR count). The van der Waals surface area contributed by atoms with Crippen LogP contribution in [0.5, 0.6) is 0 Å². The molecular formula is C14H18FN3S. The van der Waals surface area contributed by atoms with E-state index in [1.54, 1.807) is 23.5 Å². The van der Waals surface area contributed by atoms with Crippen LogP contribution in [0.3, 0.4) is 0 Å². The number of hydrogen-bond donors (Lipinski definition) is 1. The molecule has 1 aromatic carbocycles. The topological polar surface area (TPSA) is 37.8 Å². The van der Waals surface area contributed by atoms with Crippen LogP contribution in [0.1, 0.15) is 18.9 Å². The molecule has 0 fully saturated rings. The minimum Gasteiger partial charge on any atom is -0.316 e. The predicted molar refractivity (Wildman–Crippen MR) is 76.7 cm³/mol. The first-order valence-electron chi connectivity index (χ1n) is 6.44. The molecule has 2 aromatic rings. The maximum absolute atomic E-state index is 12.8. The first kappa shape index (κ1) is 14.1. The number of hydrogen-bond acceptors (Lipinski definition) is 4. The van der Waals surface area contributed by atoms with Gasteiger partial charge >= 0.3 is 0 Å². The Balaban J connectivity index is 1.90. The lowest BCUT2D eigenvalue weighted by Crippen LogP contribution is -2.22. The van der Waals surface area contributed by atoms with Crippen LogP contribution in [-0.2, 0) is 6.42 Å². The predicted octanol–water partition coefficient (Wildman–Crippen LogP) is 3.13. The first-order chi connectivity index (χ1) is 9.15. The van der Waals surface area contributed by atoms with Crippen molar-refractivity contribution in [2.24, 2.45) is 5.92 Å². The van der Waals surface area contributed by atoms with Crippen molar-refractivity contribution < 1.29 is 4.39 Å². The van der Waals surface area contributed by atoms with Crippen molar-refractivity contribution in [1.82, 2.24) is 15.5 Å². The zero-order chi connectivity index (χ0) is 13.7. The third-order valence-corrected chi connectivity index (χ3v) is 3.66. The molecule has 1 aromatic heterocycles. The number of halogens is 1. The molecule has 0 aliphatic rings. The summed E-state index contributed by atoms with van der Waals surface area (Å²) in [4.78, 5) is 0. The van der Waals surface area contributed by atoms with Crippen molar-refractivity contribution in [1.29, 1.82) is 0 Å². The van der Waals surface area contributed by atoms with Gasteiger partial charge in [-0.3, -0.25) is 0 Å². The van der Waals surface area contributed by atoms with E-state index in [1.165, 1.54) is 12.1 Å². The van der Waals surface area contributed by atoms with E-state index in [1.807, 2.05) is 0 Å². The summed E-state index contributed by atoms with van der Waals surface area (Å²) in [6.07, 6.45) is 0.881. The van der Waals surface area contributed by atoms with E-state index >= 15 is 0 Å². The molecule has 0 amide bonds. The average Bonchev–Trinajstić information content (AvgIpc) is 2.84. The van der Waals surface area contributed by atoms with E-state index in [0.29, 0.717) is 5.92 Å². The molecule has 19 heavy (non-hydrogen) atoms. The Labute approximate surface area is 116 Å². The molecule has 0 saturated heterocycles. The molecule has 0 spiro atoms. The second-order valence-corrected chi connectivity index (χ2v) is 5.92. The number of aromatic nitrogens is 2. The van der Waals surface area contributed by atoms with Gasteiger partial charge in [-0.1, -0.05) is 25.2 Å². The van der Waals surface area contributed by atoms with Crippen LogP contribution in [-0.4, -0.2) is 23.3 Å². The quantitative estimate of drug-likeness (QED) is 0.826. The Morgan fingerprint density at radius 2 is 1.95 bits per heavy atom. The Morgan fingerprint density at radius 3 is 2.63 bits per heavy atom. The zero-order valence-electron chi connectivity index (χ0n) is 11.2. The third-order valence-electron chi connectivity index (χ3n) is 2.63. The molecule has 0 aliphatic heterocycles. The highest BCUT2D eigenvalue weighted by Crippen LogP contribution is 2.23. The van der Waals surface area contributed by atoms with Gasteiger partial charge in [0, 0.05) is 18.5 Å². The summed E-state index contributed by atoms with van der Waals surface area (Å²) in [6, 6.07) is 6.36. The Kier molecular flexibility index (Phi) is 4.99. The van der Waals surface area contributed by atoms with Gasteiger partial charge in [0.1, 0.15) is 15.8 Å². The van der Waals surface area contributed by atoms with Crippen LogP contribution in [0.2, 0.25) is 0 Å². The molecule has 0 atom stereocenters. The normalized spacial score (nSPS) is 11.2. The van der Waals surface area contributed by atoms with Gasteiger partial charge in [0.2, 0.25) is 0 Å². The molecule has 3 nitrogen and oxygen atoms in total. The summed E-state index contributed by atoms with van der Waals surface area (Å²) < 4.78 is 12.8. The van der Waals surface area contributed by atoms with Crippen molar-refractivity contribution >= 4 is 11.3 Å². The van der Waals surface area contributed by atoms with Crippen LogP contribution < -0.4 is 5.32 Å². The van der Waals surface area contributed by atoms with Crippen LogP contribution in [0, 0.1) is 11.7 Å². The van der Waals surface area contributed by atoms with Crippen LogP contribution in [0.15, 0.2) is 24.3 Å². The van der Waals surface area contributed by atoms with Gasteiger partial charge in [-0.2, -0.15) is 0 Å². The molecule has 0 bridgehead atoms. The number of nitrogens with one attached hydrogen (secondary N) is 1. The first-order valence-corrected chi connectivity index (χ1v) is 7.26. The highest BCUT2D eigenvalue weighted by molar-refractivity contribution is 7.14. The Bertz CT molecular complexity index is 508. The summed E-state index contributed by atoms with van der Waals surface area (Å²) in [5.74, 6) is 0.426. The standard InChI is InChI=1S/C14H18FN3S/c1-10(2)9-16-8-7-13-17-18-14(19-13)11-3-5-12(15)6-4-11/h3-6,10,16H,7-9H2,1-2H3. The lowest BCUT2D eigenvalue weighted by atomic mass is 10.2. The maximum atomic E-state index is 12.8. The average molecular weight is 279 g/mol. The molecule has 102 valence electrons. The van der Waals surface area contributed by atoms with Crippen molar-refractivity contribution in [2.45, 2.75) is 20.3 Å². The fraction of sp³-hybridized carbons (Fsp3) is 0.429. The van der Waals surface area contributed by atoms with Crippen molar-refractivity contribution in [3.8, 4) is 10.6 Å². The smallest absolute Gasteiger partial charge is 0.147 e. The van der Waals surface area contributed by atoms with Gasteiger partial charge in [-0.25, -0.2) is 4.39 Å². The summed E-state index contributed by atoms with van der Waals surface area (Å²) in [5, 5.41) is 13.5. The van der Waals surface area contributed by atoms with E-state index < -0.39 is 0 Å². The molecule has 1 heterocycles. The molecule has 0 unspecified atom stereocenters. The lowest BCUT2D eigenvalue weighted by Gasteiger charge is -2.05. The maximum Gasteiger partial charge on any atom is 0.147 e. The summed E-state index contributed by atoms with van der Waals surface area (Å²) >= 11 is 1.57. The molecule has 0 saturated carbocycles. The lowest BCUT2D eigenvalue weighted by molar-refractivity contribution is 0.553. The van der Waals surface area contributed by atoms with Crippen LogP contribution in [0.4, 0.5) is 4.39 Å². The van der Waals surface area contributed by atoms with E-state index in [-0.39, 0.29) is 5.82 Å². The minimum atomic E-state index is -0.230. The number of benzene rings is 1. The monoisotopic (exact) mass is 279 g/mol. The SMILES string of the molecule is CC(C)CNCCc1nnc(-c2ccc(F)cc2)s1. The molecule has 0 aliphatic carbocycles. The van der Waals surface area contributed by atoms with Crippen LogP contribution >= 0.6 is 11.3 Å². The second kappa shape index (κ2) is 6.73. The van der Waals surface area contributed by atoms with Crippen molar-refractivity contribution in [3.63, 3.8) is 0 Å². The van der Waals surface area contributed by atoms with Gasteiger partial charge < -0.3 is 5.32 Å². The van der Waals surface area contributed by atoms with Crippen molar-refractivity contribution in [3.05, 3.63) is 35.1 Å². The van der Waals surface area contributed by atoms with E-state index in [2.05, 4.69) is 29.4 Å². The fourth-order valence-electron chi connectivity index (χ4n) is 1.65.